The predicted molar refractivity (Wildman–Crippen MR) is 117 cm³/mol. The number of hydrogen-bond donors (Lipinski definition) is 3. The van der Waals surface area contributed by atoms with Crippen molar-refractivity contribution >= 4 is 24.2 Å². The standard InChI is InChI=1S/C22H29N5O2/c1-29-22(28)14-20(19-8-4-6-18(13-19)15-26-23)7-3-2-5-17-9-11-21(12-10-17)25-16-27-24/h4,6,8-13,15-16,20H,2-3,5,7,14,23-24H2,1H3,(H,25,27). The van der Waals surface area contributed by atoms with Gasteiger partial charge in [0, 0.05) is 0 Å². The third-order valence-corrected chi connectivity index (χ3v) is 4.74. The molecule has 0 bridgehead atoms. The van der Waals surface area contributed by atoms with Crippen LogP contribution >= 0.6 is 0 Å². The summed E-state index contributed by atoms with van der Waals surface area (Å²) in [6, 6.07) is 16.0. The van der Waals surface area contributed by atoms with Crippen molar-refractivity contribution in [3.63, 3.8) is 0 Å². The molecule has 0 aromatic heterocycles. The molecule has 5 N–H and O–H groups in total. The lowest BCUT2D eigenvalue weighted by atomic mass is 9.89. The second kappa shape index (κ2) is 12.3. The number of carbonyl (C=O) groups excluding carboxylic acids is 1. The third-order valence-electron chi connectivity index (χ3n) is 4.74. The Hall–Kier alpha value is -3.19. The van der Waals surface area contributed by atoms with Crippen LogP contribution < -0.4 is 17.1 Å². The van der Waals surface area contributed by atoms with E-state index in [1.165, 1.54) is 19.0 Å². The summed E-state index contributed by atoms with van der Waals surface area (Å²) in [5, 5.41) is 3.58. The molecule has 154 valence electrons. The summed E-state index contributed by atoms with van der Waals surface area (Å²) >= 11 is 0. The highest BCUT2D eigenvalue weighted by atomic mass is 16.5. The number of aliphatic imine (C=N–C) groups is 1. The molecule has 0 heterocycles. The molecule has 0 fully saturated rings. The maximum absolute atomic E-state index is 11.9. The molecule has 7 nitrogen and oxygen atoms in total. The van der Waals surface area contributed by atoms with Gasteiger partial charge in [-0.15, -0.1) is 0 Å². The summed E-state index contributed by atoms with van der Waals surface area (Å²) in [6.07, 6.45) is 7.34. The zero-order chi connectivity index (χ0) is 20.9. The number of benzene rings is 2. The van der Waals surface area contributed by atoms with Gasteiger partial charge >= 0.3 is 5.97 Å². The number of nitrogens with one attached hydrogen (secondary N) is 1. The molecule has 0 amide bonds. The van der Waals surface area contributed by atoms with E-state index in [-0.39, 0.29) is 11.9 Å². The van der Waals surface area contributed by atoms with E-state index in [4.69, 9.17) is 16.4 Å². The van der Waals surface area contributed by atoms with Gasteiger partial charge in [0.25, 0.3) is 0 Å². The molecule has 0 saturated heterocycles. The zero-order valence-corrected chi connectivity index (χ0v) is 16.8. The summed E-state index contributed by atoms with van der Waals surface area (Å²) in [5.41, 5.74) is 6.52. The van der Waals surface area contributed by atoms with Crippen molar-refractivity contribution in [2.24, 2.45) is 21.8 Å². The van der Waals surface area contributed by atoms with Gasteiger partial charge in [-0.1, -0.05) is 36.8 Å². The minimum Gasteiger partial charge on any atom is -0.469 e. The molecule has 7 heteroatoms. The van der Waals surface area contributed by atoms with Crippen molar-refractivity contribution in [2.45, 2.75) is 38.0 Å². The molecule has 0 saturated carbocycles. The Labute approximate surface area is 171 Å². The average Bonchev–Trinajstić information content (AvgIpc) is 2.75. The SMILES string of the molecule is COC(=O)CC(CCCCc1ccc(N=CNN)cc1)c1cccc(C=NN)c1. The number of unbranched alkanes of at least 4 members (excludes halogenated alkanes) is 1. The van der Waals surface area contributed by atoms with Crippen LogP contribution in [-0.2, 0) is 16.0 Å². The summed E-state index contributed by atoms with van der Waals surface area (Å²) in [7, 11) is 1.42. The highest BCUT2D eigenvalue weighted by Crippen LogP contribution is 2.27. The van der Waals surface area contributed by atoms with Gasteiger partial charge in [-0.25, -0.2) is 10.8 Å². The number of carbonyl (C=O) groups is 1. The Morgan fingerprint density at radius 2 is 2.00 bits per heavy atom. The van der Waals surface area contributed by atoms with Gasteiger partial charge in [0.05, 0.1) is 25.4 Å². The first-order valence-corrected chi connectivity index (χ1v) is 9.64. The van der Waals surface area contributed by atoms with Crippen LogP contribution in [-0.4, -0.2) is 25.6 Å². The van der Waals surface area contributed by atoms with E-state index >= 15 is 0 Å². The Kier molecular flexibility index (Phi) is 9.38. The molecule has 0 aliphatic rings. The van der Waals surface area contributed by atoms with E-state index in [9.17, 15) is 4.79 Å². The maximum Gasteiger partial charge on any atom is 0.306 e. The maximum atomic E-state index is 11.9. The van der Waals surface area contributed by atoms with Crippen molar-refractivity contribution in [3.8, 4) is 0 Å². The second-order valence-corrected chi connectivity index (χ2v) is 6.76. The molecule has 2 rings (SSSR count). The van der Waals surface area contributed by atoms with Crippen LogP contribution in [0, 0.1) is 0 Å². The van der Waals surface area contributed by atoms with Crippen molar-refractivity contribution in [1.82, 2.24) is 5.43 Å². The van der Waals surface area contributed by atoms with Crippen LogP contribution in [0.1, 0.15) is 48.3 Å². The zero-order valence-electron chi connectivity index (χ0n) is 16.8. The summed E-state index contributed by atoms with van der Waals surface area (Å²) in [5.74, 6) is 10.3. The number of hydrogen-bond acceptors (Lipinski definition) is 6. The number of rotatable bonds is 11. The Bertz CT molecular complexity index is 818. The van der Waals surface area contributed by atoms with Crippen molar-refractivity contribution in [1.29, 1.82) is 0 Å². The van der Waals surface area contributed by atoms with Crippen molar-refractivity contribution < 1.29 is 9.53 Å². The lowest BCUT2D eigenvalue weighted by Gasteiger charge is -2.17. The number of nitrogens with two attached hydrogens (primary N) is 2. The minimum absolute atomic E-state index is 0.106. The molecule has 2 aromatic carbocycles. The molecule has 0 spiro atoms. The molecular formula is C22H29N5O2. The van der Waals surface area contributed by atoms with Crippen molar-refractivity contribution in [2.75, 3.05) is 7.11 Å². The molecule has 2 aromatic rings. The number of methoxy groups -OCH3 is 1. The lowest BCUT2D eigenvalue weighted by Crippen LogP contribution is -2.18. The van der Waals surface area contributed by atoms with Gasteiger partial charge in [-0.2, -0.15) is 5.10 Å². The first-order valence-electron chi connectivity index (χ1n) is 9.64. The van der Waals surface area contributed by atoms with Crippen LogP contribution in [0.4, 0.5) is 5.69 Å². The van der Waals surface area contributed by atoms with Crippen LogP contribution in [0.3, 0.4) is 0 Å². The summed E-state index contributed by atoms with van der Waals surface area (Å²) < 4.78 is 4.89. The van der Waals surface area contributed by atoms with E-state index in [2.05, 4.69) is 27.7 Å². The topological polar surface area (TPSA) is 115 Å². The fourth-order valence-electron chi connectivity index (χ4n) is 3.23. The van der Waals surface area contributed by atoms with Crippen LogP contribution in [0.2, 0.25) is 0 Å². The van der Waals surface area contributed by atoms with E-state index in [1.54, 1.807) is 6.21 Å². The van der Waals surface area contributed by atoms with E-state index in [0.717, 1.165) is 42.5 Å². The monoisotopic (exact) mass is 395 g/mol. The summed E-state index contributed by atoms with van der Waals surface area (Å²) in [6.45, 7) is 0. The fraction of sp³-hybridized carbons (Fsp3) is 0.318. The Morgan fingerprint density at radius 3 is 2.69 bits per heavy atom. The van der Waals surface area contributed by atoms with Gasteiger partial charge in [0.1, 0.15) is 6.34 Å². The summed E-state index contributed by atoms with van der Waals surface area (Å²) in [4.78, 5) is 16.0. The number of esters is 1. The quantitative estimate of drug-likeness (QED) is 0.135. The van der Waals surface area contributed by atoms with Gasteiger partial charge in [0.15, 0.2) is 0 Å². The first-order chi connectivity index (χ1) is 14.2. The average molecular weight is 396 g/mol. The molecule has 29 heavy (non-hydrogen) atoms. The number of hydrazone groups is 1. The second-order valence-electron chi connectivity index (χ2n) is 6.76. The Balaban J connectivity index is 1.93. The van der Waals surface area contributed by atoms with Crippen LogP contribution in [0.5, 0.6) is 0 Å². The van der Waals surface area contributed by atoms with Gasteiger partial charge < -0.3 is 16.0 Å². The Morgan fingerprint density at radius 1 is 1.21 bits per heavy atom. The first kappa shape index (κ1) is 22.1. The van der Waals surface area contributed by atoms with Gasteiger partial charge in [0.2, 0.25) is 0 Å². The van der Waals surface area contributed by atoms with Gasteiger partial charge in [-0.3, -0.25) is 4.79 Å². The highest BCUT2D eigenvalue weighted by molar-refractivity contribution is 5.79. The smallest absolute Gasteiger partial charge is 0.306 e. The van der Waals surface area contributed by atoms with E-state index in [1.807, 2.05) is 36.4 Å². The molecule has 1 atom stereocenters. The van der Waals surface area contributed by atoms with E-state index < -0.39 is 0 Å². The largest absolute Gasteiger partial charge is 0.469 e. The van der Waals surface area contributed by atoms with Crippen LogP contribution in [0.25, 0.3) is 0 Å². The number of hydrazine groups is 1. The molecule has 0 aliphatic heterocycles. The van der Waals surface area contributed by atoms with Crippen LogP contribution in [0.15, 0.2) is 58.6 Å². The molecule has 0 radical (unpaired) electrons. The minimum atomic E-state index is -0.198. The molecular weight excluding hydrogens is 366 g/mol. The van der Waals surface area contributed by atoms with Crippen molar-refractivity contribution in [3.05, 3.63) is 65.2 Å². The molecule has 1 unspecified atom stereocenters. The normalized spacial score (nSPS) is 12.3. The number of ether oxygens (including phenoxy) is 1. The van der Waals surface area contributed by atoms with Gasteiger partial charge in [-0.05, 0) is 60.1 Å². The predicted octanol–water partition coefficient (Wildman–Crippen LogP) is 3.16. The fourth-order valence-corrected chi connectivity index (χ4v) is 3.23. The number of aryl methyl sites for hydroxylation is 1. The highest BCUT2D eigenvalue weighted by Gasteiger charge is 2.16. The van der Waals surface area contributed by atoms with E-state index in [0.29, 0.717) is 6.42 Å². The molecule has 0 aliphatic carbocycles. The lowest BCUT2D eigenvalue weighted by molar-refractivity contribution is -0.141. The number of nitrogens with zero attached hydrogens (tertiary/aromatic N) is 2. The third kappa shape index (κ3) is 7.75.